The molecule has 5 nitrogen and oxygen atoms in total. The molecule has 1 aliphatic heterocycles. The minimum absolute atomic E-state index is 0.284. The van der Waals surface area contributed by atoms with Gasteiger partial charge in [0.25, 0.3) is 0 Å². The van der Waals surface area contributed by atoms with Crippen LogP contribution in [0.15, 0.2) is 12.2 Å². The van der Waals surface area contributed by atoms with Crippen LogP contribution in [0.4, 0.5) is 4.79 Å². The van der Waals surface area contributed by atoms with E-state index in [1.54, 1.807) is 26.8 Å². The SMILES string of the molecule is CC(C)(C)OC(=O)N1CC=CC1C(=O)O. The van der Waals surface area contributed by atoms with Crippen LogP contribution in [0.3, 0.4) is 0 Å². The number of amides is 1. The first kappa shape index (κ1) is 11.6. The number of carboxylic acid groups (broad SMARTS) is 1. The molecule has 0 aromatic heterocycles. The first-order valence-corrected chi connectivity index (χ1v) is 4.70. The van der Waals surface area contributed by atoms with Gasteiger partial charge in [-0.2, -0.15) is 0 Å². The molecule has 1 unspecified atom stereocenters. The number of hydrogen-bond acceptors (Lipinski definition) is 3. The summed E-state index contributed by atoms with van der Waals surface area (Å²) in [5, 5.41) is 8.83. The van der Waals surface area contributed by atoms with Crippen LogP contribution >= 0.6 is 0 Å². The number of carbonyl (C=O) groups is 2. The van der Waals surface area contributed by atoms with Crippen molar-refractivity contribution in [3.8, 4) is 0 Å². The molecule has 1 rings (SSSR count). The van der Waals surface area contributed by atoms with Crippen molar-refractivity contribution in [3.63, 3.8) is 0 Å². The monoisotopic (exact) mass is 213 g/mol. The van der Waals surface area contributed by atoms with Crippen molar-refractivity contribution < 1.29 is 19.4 Å². The van der Waals surface area contributed by atoms with Gasteiger partial charge in [0.2, 0.25) is 0 Å². The second-order valence-corrected chi connectivity index (χ2v) is 4.34. The number of carbonyl (C=O) groups excluding carboxylic acids is 1. The third-order valence-corrected chi connectivity index (χ3v) is 1.84. The molecular formula is C10H15NO4. The van der Waals surface area contributed by atoms with E-state index in [4.69, 9.17) is 9.84 Å². The van der Waals surface area contributed by atoms with Crippen LogP contribution in [0.1, 0.15) is 20.8 Å². The number of ether oxygens (including phenoxy) is 1. The first-order valence-electron chi connectivity index (χ1n) is 4.70. The molecule has 1 heterocycles. The molecule has 0 saturated carbocycles. The minimum Gasteiger partial charge on any atom is -0.479 e. The number of carboxylic acids is 1. The van der Waals surface area contributed by atoms with Crippen molar-refractivity contribution in [2.45, 2.75) is 32.4 Å². The fourth-order valence-corrected chi connectivity index (χ4v) is 1.25. The van der Waals surface area contributed by atoms with Crippen molar-refractivity contribution in [3.05, 3.63) is 12.2 Å². The lowest BCUT2D eigenvalue weighted by atomic mass is 10.2. The van der Waals surface area contributed by atoms with E-state index in [-0.39, 0.29) is 6.54 Å². The van der Waals surface area contributed by atoms with E-state index in [2.05, 4.69) is 0 Å². The molecule has 1 aliphatic rings. The summed E-state index contributed by atoms with van der Waals surface area (Å²) in [6, 6.07) is -0.903. The van der Waals surface area contributed by atoms with Gasteiger partial charge in [0.05, 0.1) is 0 Å². The van der Waals surface area contributed by atoms with Crippen LogP contribution in [0.5, 0.6) is 0 Å². The number of rotatable bonds is 1. The maximum atomic E-state index is 11.6. The summed E-state index contributed by atoms with van der Waals surface area (Å²) in [6.07, 6.45) is 2.52. The average molecular weight is 213 g/mol. The predicted octanol–water partition coefficient (Wildman–Crippen LogP) is 1.25. The summed E-state index contributed by atoms with van der Waals surface area (Å²) in [5.74, 6) is -1.05. The number of nitrogens with zero attached hydrogens (tertiary/aromatic N) is 1. The zero-order chi connectivity index (χ0) is 11.6. The fourth-order valence-electron chi connectivity index (χ4n) is 1.25. The second kappa shape index (κ2) is 3.92. The highest BCUT2D eigenvalue weighted by atomic mass is 16.6. The van der Waals surface area contributed by atoms with Crippen molar-refractivity contribution in [2.75, 3.05) is 6.54 Å². The summed E-state index contributed by atoms with van der Waals surface area (Å²) >= 11 is 0. The molecule has 1 N–H and O–H groups in total. The van der Waals surface area contributed by atoms with Gasteiger partial charge in [-0.05, 0) is 20.8 Å². The smallest absolute Gasteiger partial charge is 0.411 e. The number of hydrogen-bond donors (Lipinski definition) is 1. The lowest BCUT2D eigenvalue weighted by Gasteiger charge is -2.26. The Balaban J connectivity index is 2.65. The molecule has 15 heavy (non-hydrogen) atoms. The van der Waals surface area contributed by atoms with Crippen molar-refractivity contribution in [1.82, 2.24) is 4.90 Å². The normalized spacial score (nSPS) is 20.5. The molecule has 5 heteroatoms. The zero-order valence-corrected chi connectivity index (χ0v) is 9.06. The first-order chi connectivity index (χ1) is 6.81. The highest BCUT2D eigenvalue weighted by Crippen LogP contribution is 2.16. The fraction of sp³-hybridized carbons (Fsp3) is 0.600. The van der Waals surface area contributed by atoms with Gasteiger partial charge in [-0.25, -0.2) is 9.59 Å². The Hall–Kier alpha value is -1.52. The summed E-state index contributed by atoms with van der Waals surface area (Å²) in [7, 11) is 0. The molecule has 0 saturated heterocycles. The molecule has 0 aliphatic carbocycles. The Bertz CT molecular complexity index is 303. The Morgan fingerprint density at radius 1 is 1.47 bits per heavy atom. The molecule has 0 aromatic rings. The Morgan fingerprint density at radius 3 is 2.53 bits per heavy atom. The maximum absolute atomic E-state index is 11.6. The topological polar surface area (TPSA) is 66.8 Å². The van der Waals surface area contributed by atoms with Gasteiger partial charge in [0.15, 0.2) is 6.04 Å². The van der Waals surface area contributed by atoms with Gasteiger partial charge in [-0.3, -0.25) is 4.90 Å². The average Bonchev–Trinajstić information content (AvgIpc) is 2.47. The Labute approximate surface area is 88.3 Å². The minimum atomic E-state index is -1.05. The van der Waals surface area contributed by atoms with E-state index in [0.717, 1.165) is 0 Å². The summed E-state index contributed by atoms with van der Waals surface area (Å²) in [4.78, 5) is 23.5. The van der Waals surface area contributed by atoms with Crippen LogP contribution in [0.25, 0.3) is 0 Å². The van der Waals surface area contributed by atoms with Crippen LogP contribution < -0.4 is 0 Å². The van der Waals surface area contributed by atoms with Crippen LogP contribution in [0.2, 0.25) is 0 Å². The summed E-state index contributed by atoms with van der Waals surface area (Å²) in [5.41, 5.74) is -0.608. The summed E-state index contributed by atoms with van der Waals surface area (Å²) < 4.78 is 5.09. The second-order valence-electron chi connectivity index (χ2n) is 4.34. The Morgan fingerprint density at radius 2 is 2.07 bits per heavy atom. The van der Waals surface area contributed by atoms with E-state index in [1.807, 2.05) is 0 Å². The molecule has 0 bridgehead atoms. The quantitative estimate of drug-likeness (QED) is 0.665. The summed E-state index contributed by atoms with van der Waals surface area (Å²) in [6.45, 7) is 5.50. The maximum Gasteiger partial charge on any atom is 0.411 e. The lowest BCUT2D eigenvalue weighted by Crippen LogP contribution is -2.43. The molecule has 0 aromatic carbocycles. The third kappa shape index (κ3) is 2.97. The highest BCUT2D eigenvalue weighted by Gasteiger charge is 2.33. The van der Waals surface area contributed by atoms with E-state index in [0.29, 0.717) is 0 Å². The van der Waals surface area contributed by atoms with E-state index in [1.165, 1.54) is 11.0 Å². The standard InChI is InChI=1S/C10H15NO4/c1-10(2,3)15-9(14)11-6-4-5-7(11)8(12)13/h4-5,7H,6H2,1-3H3,(H,12,13). The molecule has 84 valence electrons. The van der Waals surface area contributed by atoms with E-state index in [9.17, 15) is 9.59 Å². The van der Waals surface area contributed by atoms with Gasteiger partial charge in [-0.1, -0.05) is 12.2 Å². The van der Waals surface area contributed by atoms with Crippen LogP contribution in [-0.4, -0.2) is 40.3 Å². The van der Waals surface area contributed by atoms with Crippen LogP contribution in [0, 0.1) is 0 Å². The molecule has 0 spiro atoms. The van der Waals surface area contributed by atoms with Crippen molar-refractivity contribution in [1.29, 1.82) is 0 Å². The number of aliphatic carboxylic acids is 1. The van der Waals surface area contributed by atoms with Crippen LogP contribution in [-0.2, 0) is 9.53 Å². The molecule has 0 radical (unpaired) electrons. The zero-order valence-electron chi connectivity index (χ0n) is 9.06. The molecule has 0 fully saturated rings. The van der Waals surface area contributed by atoms with Gasteiger partial charge in [0, 0.05) is 6.54 Å². The highest BCUT2D eigenvalue weighted by molar-refractivity contribution is 5.83. The molecule has 1 atom stereocenters. The van der Waals surface area contributed by atoms with Gasteiger partial charge in [-0.15, -0.1) is 0 Å². The van der Waals surface area contributed by atoms with Gasteiger partial charge in [0.1, 0.15) is 5.60 Å². The van der Waals surface area contributed by atoms with E-state index >= 15 is 0 Å². The lowest BCUT2D eigenvalue weighted by molar-refractivity contribution is -0.140. The van der Waals surface area contributed by atoms with Gasteiger partial charge >= 0.3 is 12.1 Å². The largest absolute Gasteiger partial charge is 0.479 e. The predicted molar refractivity (Wildman–Crippen MR) is 53.5 cm³/mol. The third-order valence-electron chi connectivity index (χ3n) is 1.84. The molecule has 1 amide bonds. The van der Waals surface area contributed by atoms with E-state index < -0.39 is 23.7 Å². The molecular weight excluding hydrogens is 198 g/mol. The van der Waals surface area contributed by atoms with Crippen molar-refractivity contribution in [2.24, 2.45) is 0 Å². The van der Waals surface area contributed by atoms with Crippen molar-refractivity contribution >= 4 is 12.1 Å². The Kier molecular flexibility index (Phi) is 3.02. The van der Waals surface area contributed by atoms with Gasteiger partial charge < -0.3 is 9.84 Å².